The van der Waals surface area contributed by atoms with Crippen LogP contribution >= 0.6 is 0 Å². The molecule has 0 aliphatic rings. The number of benzene rings is 1. The molecule has 4 nitrogen and oxygen atoms in total. The number of nitrogens with zero attached hydrogens (tertiary/aromatic N) is 1. The van der Waals surface area contributed by atoms with E-state index in [1.165, 1.54) is 12.1 Å². The third-order valence-electron chi connectivity index (χ3n) is 1.72. The normalized spacial score (nSPS) is 9.69. The van der Waals surface area contributed by atoms with Crippen LogP contribution in [0.1, 0.15) is 5.56 Å². The highest BCUT2D eigenvalue weighted by atomic mass is 19.1. The lowest BCUT2D eigenvalue weighted by molar-refractivity contribution is -0.384. The second-order valence-corrected chi connectivity index (χ2v) is 2.45. The highest BCUT2D eigenvalue weighted by Gasteiger charge is 2.17. The Morgan fingerprint density at radius 1 is 1.62 bits per heavy atom. The summed E-state index contributed by atoms with van der Waals surface area (Å²) in [5, 5.41) is 13.2. The van der Waals surface area contributed by atoms with Gasteiger partial charge in [-0.2, -0.15) is 0 Å². The lowest BCUT2D eigenvalue weighted by atomic mass is 10.1. The van der Waals surface area contributed by atoms with Crippen LogP contribution in [0, 0.1) is 10.1 Å². The lowest BCUT2D eigenvalue weighted by Crippen LogP contribution is -1.99. The number of halogens is 1. The predicted octanol–water partition coefficient (Wildman–Crippen LogP) is 2.11. The molecule has 0 heterocycles. The van der Waals surface area contributed by atoms with Crippen LogP contribution in [-0.4, -0.2) is 12.0 Å². The number of hydrogen-bond donors (Lipinski definition) is 1. The summed E-state index contributed by atoms with van der Waals surface area (Å²) < 4.78 is 12.3. The Balaban J connectivity index is 3.29. The van der Waals surface area contributed by atoms with E-state index in [0.29, 0.717) is 5.69 Å². The fraction of sp³-hybridized carbons (Fsp3) is 0.250. The van der Waals surface area contributed by atoms with E-state index in [-0.39, 0.29) is 11.3 Å². The largest absolute Gasteiger partial charge is 0.383 e. The fourth-order valence-electron chi connectivity index (χ4n) is 1.12. The molecule has 0 amide bonds. The standard InChI is InChI=1S/C8H9FN2O2/c1-10-7-4-2-3-6(5-9)8(7)11(12)13/h2-4,10H,5H2,1H3. The summed E-state index contributed by atoms with van der Waals surface area (Å²) in [6.07, 6.45) is 0. The summed E-state index contributed by atoms with van der Waals surface area (Å²) in [5.74, 6) is 0. The molecule has 0 aliphatic heterocycles. The minimum atomic E-state index is -0.828. The SMILES string of the molecule is CNc1cccc(CF)c1[N+](=O)[O-]. The van der Waals surface area contributed by atoms with E-state index >= 15 is 0 Å². The Labute approximate surface area is 74.5 Å². The van der Waals surface area contributed by atoms with E-state index in [1.54, 1.807) is 13.1 Å². The van der Waals surface area contributed by atoms with Gasteiger partial charge in [0.15, 0.2) is 0 Å². The van der Waals surface area contributed by atoms with E-state index in [2.05, 4.69) is 5.32 Å². The molecule has 0 fully saturated rings. The molecule has 13 heavy (non-hydrogen) atoms. The second kappa shape index (κ2) is 3.84. The first-order valence-electron chi connectivity index (χ1n) is 3.70. The van der Waals surface area contributed by atoms with Crippen LogP contribution in [0.15, 0.2) is 18.2 Å². The molecule has 70 valence electrons. The fourth-order valence-corrected chi connectivity index (χ4v) is 1.12. The summed E-state index contributed by atoms with van der Waals surface area (Å²) in [7, 11) is 1.56. The molecule has 1 aromatic rings. The zero-order valence-corrected chi connectivity index (χ0v) is 7.08. The molecule has 0 saturated carbocycles. The van der Waals surface area contributed by atoms with Crippen LogP contribution in [0.2, 0.25) is 0 Å². The minimum absolute atomic E-state index is 0.0943. The topological polar surface area (TPSA) is 55.2 Å². The van der Waals surface area contributed by atoms with E-state index in [4.69, 9.17) is 0 Å². The zero-order chi connectivity index (χ0) is 9.84. The average Bonchev–Trinajstić information content (AvgIpc) is 2.16. The monoisotopic (exact) mass is 184 g/mol. The highest BCUT2D eigenvalue weighted by molar-refractivity contribution is 5.64. The van der Waals surface area contributed by atoms with Crippen molar-refractivity contribution >= 4 is 11.4 Å². The minimum Gasteiger partial charge on any atom is -0.383 e. The van der Waals surface area contributed by atoms with E-state index in [0.717, 1.165) is 0 Å². The van der Waals surface area contributed by atoms with Crippen LogP contribution in [-0.2, 0) is 6.67 Å². The quantitative estimate of drug-likeness (QED) is 0.578. The van der Waals surface area contributed by atoms with Gasteiger partial charge in [-0.05, 0) is 12.1 Å². The van der Waals surface area contributed by atoms with Gasteiger partial charge in [-0.1, -0.05) is 6.07 Å². The van der Waals surface area contributed by atoms with Gasteiger partial charge in [0.05, 0.1) is 10.5 Å². The van der Waals surface area contributed by atoms with E-state index in [1.807, 2.05) is 0 Å². The van der Waals surface area contributed by atoms with Gasteiger partial charge in [0.25, 0.3) is 5.69 Å². The van der Waals surface area contributed by atoms with Crippen LogP contribution in [0.4, 0.5) is 15.8 Å². The smallest absolute Gasteiger partial charge is 0.298 e. The lowest BCUT2D eigenvalue weighted by Gasteiger charge is -2.03. The predicted molar refractivity (Wildman–Crippen MR) is 47.5 cm³/mol. The molecule has 5 heteroatoms. The van der Waals surface area contributed by atoms with Crippen molar-refractivity contribution in [3.8, 4) is 0 Å². The maximum absolute atomic E-state index is 12.3. The van der Waals surface area contributed by atoms with Crippen molar-refractivity contribution < 1.29 is 9.31 Å². The average molecular weight is 184 g/mol. The Hall–Kier alpha value is -1.65. The summed E-state index contributed by atoms with van der Waals surface area (Å²) in [6.45, 7) is -0.828. The first-order valence-corrected chi connectivity index (χ1v) is 3.70. The third kappa shape index (κ3) is 1.74. The number of para-hydroxylation sites is 1. The highest BCUT2D eigenvalue weighted by Crippen LogP contribution is 2.28. The summed E-state index contributed by atoms with van der Waals surface area (Å²) >= 11 is 0. The van der Waals surface area contributed by atoms with Crippen LogP contribution < -0.4 is 5.32 Å². The molecule has 0 saturated heterocycles. The van der Waals surface area contributed by atoms with Crippen molar-refractivity contribution in [3.05, 3.63) is 33.9 Å². The first kappa shape index (κ1) is 9.44. The van der Waals surface area contributed by atoms with Gasteiger partial charge >= 0.3 is 0 Å². The molecule has 0 atom stereocenters. The molecule has 0 aromatic heterocycles. The van der Waals surface area contributed by atoms with Crippen molar-refractivity contribution in [2.75, 3.05) is 12.4 Å². The van der Waals surface area contributed by atoms with Gasteiger partial charge in [0.2, 0.25) is 0 Å². The Bertz CT molecular complexity index is 306. The van der Waals surface area contributed by atoms with Gasteiger partial charge in [-0.3, -0.25) is 10.1 Å². The van der Waals surface area contributed by atoms with Crippen molar-refractivity contribution in [1.82, 2.24) is 0 Å². The Morgan fingerprint density at radius 2 is 2.31 bits per heavy atom. The molecule has 0 spiro atoms. The van der Waals surface area contributed by atoms with Gasteiger partial charge in [0.1, 0.15) is 12.4 Å². The molecule has 1 aromatic carbocycles. The molecule has 1 rings (SSSR count). The van der Waals surface area contributed by atoms with Crippen molar-refractivity contribution in [3.63, 3.8) is 0 Å². The number of nitro benzene ring substituents is 1. The maximum atomic E-state index is 12.3. The number of rotatable bonds is 3. The summed E-state index contributed by atoms with van der Waals surface area (Å²) in [6, 6.07) is 4.52. The molecule has 1 N–H and O–H groups in total. The summed E-state index contributed by atoms with van der Waals surface area (Å²) in [4.78, 5) is 9.98. The van der Waals surface area contributed by atoms with Crippen LogP contribution in [0.25, 0.3) is 0 Å². The molecular weight excluding hydrogens is 175 g/mol. The molecule has 0 bridgehead atoms. The molecular formula is C8H9FN2O2. The van der Waals surface area contributed by atoms with E-state index < -0.39 is 11.6 Å². The third-order valence-corrected chi connectivity index (χ3v) is 1.72. The number of nitro groups is 1. The van der Waals surface area contributed by atoms with Gasteiger partial charge in [-0.25, -0.2) is 4.39 Å². The Kier molecular flexibility index (Phi) is 2.79. The van der Waals surface area contributed by atoms with Gasteiger partial charge < -0.3 is 5.32 Å². The zero-order valence-electron chi connectivity index (χ0n) is 7.08. The number of alkyl halides is 1. The summed E-state index contributed by atoms with van der Waals surface area (Å²) in [5.41, 5.74) is 0.240. The van der Waals surface area contributed by atoms with Crippen LogP contribution in [0.3, 0.4) is 0 Å². The van der Waals surface area contributed by atoms with E-state index in [9.17, 15) is 14.5 Å². The maximum Gasteiger partial charge on any atom is 0.298 e. The number of hydrogen-bond acceptors (Lipinski definition) is 3. The van der Waals surface area contributed by atoms with Crippen molar-refractivity contribution in [2.24, 2.45) is 0 Å². The van der Waals surface area contributed by atoms with Crippen molar-refractivity contribution in [2.45, 2.75) is 6.67 Å². The van der Waals surface area contributed by atoms with Gasteiger partial charge in [0, 0.05) is 7.05 Å². The number of nitrogens with one attached hydrogen (secondary N) is 1. The van der Waals surface area contributed by atoms with Crippen LogP contribution in [0.5, 0.6) is 0 Å². The second-order valence-electron chi connectivity index (χ2n) is 2.45. The molecule has 0 radical (unpaired) electrons. The van der Waals surface area contributed by atoms with Gasteiger partial charge in [-0.15, -0.1) is 0 Å². The first-order chi connectivity index (χ1) is 6.20. The number of anilines is 1. The Morgan fingerprint density at radius 3 is 2.77 bits per heavy atom. The molecule has 0 unspecified atom stereocenters. The van der Waals surface area contributed by atoms with Crippen molar-refractivity contribution in [1.29, 1.82) is 0 Å². The molecule has 0 aliphatic carbocycles.